The number of aldehydes is 1. The molecule has 0 aromatic heterocycles. The summed E-state index contributed by atoms with van der Waals surface area (Å²) in [7, 11) is 0. The van der Waals surface area contributed by atoms with Crippen LogP contribution in [0.4, 0.5) is 4.39 Å². The number of hydrogen-bond donors (Lipinski definition) is 5. The van der Waals surface area contributed by atoms with Gasteiger partial charge >= 0.3 is 5.97 Å². The van der Waals surface area contributed by atoms with Crippen LogP contribution in [0, 0.1) is 5.82 Å². The first-order valence-corrected chi connectivity index (χ1v) is 17.1. The van der Waals surface area contributed by atoms with Crippen molar-refractivity contribution in [3.63, 3.8) is 0 Å². The van der Waals surface area contributed by atoms with Gasteiger partial charge in [0.25, 0.3) is 6.47 Å². The Balaban J connectivity index is 0. The van der Waals surface area contributed by atoms with Gasteiger partial charge in [-0.25, -0.2) is 4.39 Å². The summed E-state index contributed by atoms with van der Waals surface area (Å²) in [6.45, 7) is 14.8. The number of halogens is 1. The van der Waals surface area contributed by atoms with Gasteiger partial charge in [0, 0.05) is 37.8 Å². The standard InChI is InChI=1S/C13H20O2.C12H15FO.C11H18N4.C2H6.CH2O2/c1-4-11(2)9-10-12(3)7-5-6-8-13(14)15;1-10(4-2-3-9-14)11-5-7-12(13)8-6-11;12-11-5-3-10(4-6-11)2-1-8-15-9-7-13-14-15;1-2;2-1-3/h4,9-10H,3,5-8H2,1-2H3,(H,14,15);5-10H,2-4H2,1H3;3-5,7,9,11,13-14H,1-2,6,8,12H2;1-2H3;1H,(H,2,3)/b10-9-,11-4-;;;;. The number of unbranched alkanes of at least 4 members (excludes halogenated alkanes) is 2. The highest BCUT2D eigenvalue weighted by Gasteiger charge is 2.06. The van der Waals surface area contributed by atoms with Gasteiger partial charge in [-0.3, -0.25) is 14.6 Å². The molecule has 0 radical (unpaired) electrons. The van der Waals surface area contributed by atoms with Crippen molar-refractivity contribution in [2.45, 2.75) is 111 Å². The monoisotopic (exact) mass is 684 g/mol. The minimum absolute atomic E-state index is 0.200. The summed E-state index contributed by atoms with van der Waals surface area (Å²) in [6, 6.07) is 6.79. The fourth-order valence-electron chi connectivity index (χ4n) is 4.26. The van der Waals surface area contributed by atoms with Crippen molar-refractivity contribution in [2.75, 3.05) is 6.54 Å². The number of hydrogen-bond acceptors (Lipinski definition) is 7. The maximum atomic E-state index is 12.6. The number of carbonyl (C=O) groups excluding carboxylic acids is 1. The molecule has 2 aliphatic rings. The van der Waals surface area contributed by atoms with E-state index in [2.05, 4.69) is 42.7 Å². The van der Waals surface area contributed by atoms with E-state index in [1.54, 1.807) is 12.1 Å². The zero-order valence-electron chi connectivity index (χ0n) is 30.2. The van der Waals surface area contributed by atoms with Crippen LogP contribution in [0.3, 0.4) is 0 Å². The first kappa shape index (κ1) is 46.8. The average Bonchev–Trinajstić information content (AvgIpc) is 3.62. The number of carbonyl (C=O) groups is 3. The molecule has 0 bridgehead atoms. The molecule has 1 heterocycles. The fourth-order valence-corrected chi connectivity index (χ4v) is 4.26. The van der Waals surface area contributed by atoms with E-state index in [1.807, 2.05) is 63.3 Å². The zero-order valence-corrected chi connectivity index (χ0v) is 30.2. The van der Waals surface area contributed by atoms with E-state index in [0.29, 0.717) is 12.3 Å². The number of nitrogens with one attached hydrogen (secondary N) is 2. The highest BCUT2D eigenvalue weighted by molar-refractivity contribution is 5.66. The number of hydrazine groups is 2. The second-order valence-corrected chi connectivity index (χ2v) is 11.2. The van der Waals surface area contributed by atoms with E-state index < -0.39 is 5.97 Å². The number of aliphatic carboxylic acids is 1. The van der Waals surface area contributed by atoms with Crippen LogP contribution in [0.15, 0.2) is 96.4 Å². The van der Waals surface area contributed by atoms with Crippen LogP contribution in [-0.2, 0) is 14.4 Å². The number of rotatable bonds is 16. The predicted octanol–water partition coefficient (Wildman–Crippen LogP) is 8.51. The third kappa shape index (κ3) is 28.4. The van der Waals surface area contributed by atoms with Gasteiger partial charge < -0.3 is 26.2 Å². The van der Waals surface area contributed by atoms with Crippen LogP contribution < -0.4 is 16.7 Å². The molecule has 9 nitrogen and oxygen atoms in total. The molecule has 6 N–H and O–H groups in total. The van der Waals surface area contributed by atoms with E-state index in [-0.39, 0.29) is 24.8 Å². The normalized spacial score (nSPS) is 15.0. The van der Waals surface area contributed by atoms with Crippen LogP contribution in [0.2, 0.25) is 0 Å². The van der Waals surface area contributed by atoms with Crippen molar-refractivity contribution in [1.29, 1.82) is 0 Å². The molecule has 2 atom stereocenters. The second-order valence-electron chi connectivity index (χ2n) is 11.2. The van der Waals surface area contributed by atoms with E-state index in [0.717, 1.165) is 75.3 Å². The van der Waals surface area contributed by atoms with Crippen molar-refractivity contribution in [3.8, 4) is 0 Å². The van der Waals surface area contributed by atoms with Crippen molar-refractivity contribution in [2.24, 2.45) is 5.73 Å². The zero-order chi connectivity index (χ0) is 37.3. The molecule has 0 spiro atoms. The van der Waals surface area contributed by atoms with Crippen LogP contribution in [-0.4, -0.2) is 46.5 Å². The maximum absolute atomic E-state index is 12.6. The highest BCUT2D eigenvalue weighted by atomic mass is 19.1. The Bertz CT molecular complexity index is 1190. The molecule has 1 aliphatic carbocycles. The summed E-state index contributed by atoms with van der Waals surface area (Å²) in [6.07, 6.45) is 25.9. The molecule has 0 saturated heterocycles. The van der Waals surface area contributed by atoms with Crippen molar-refractivity contribution in [3.05, 3.63) is 108 Å². The molecule has 0 fully saturated rings. The van der Waals surface area contributed by atoms with Gasteiger partial charge in [0.1, 0.15) is 12.1 Å². The van der Waals surface area contributed by atoms with E-state index in [9.17, 15) is 14.0 Å². The first-order chi connectivity index (χ1) is 23.6. The Hall–Kier alpha value is -4.28. The Kier molecular flexibility index (Phi) is 30.9. The summed E-state index contributed by atoms with van der Waals surface area (Å²) in [5.41, 5.74) is 16.5. The molecular weight excluding hydrogens is 623 g/mol. The largest absolute Gasteiger partial charge is 0.483 e. The Morgan fingerprint density at radius 1 is 1.12 bits per heavy atom. The number of allylic oxidation sites excluding steroid dienone is 7. The topological polar surface area (TPSA) is 145 Å². The lowest BCUT2D eigenvalue weighted by Gasteiger charge is -2.16. The lowest BCUT2D eigenvalue weighted by Crippen LogP contribution is -2.35. The van der Waals surface area contributed by atoms with Crippen LogP contribution in [0.1, 0.15) is 110 Å². The summed E-state index contributed by atoms with van der Waals surface area (Å²) >= 11 is 0. The number of benzene rings is 1. The molecule has 0 saturated carbocycles. The molecule has 1 aliphatic heterocycles. The molecular formula is C39H61FN4O5. The summed E-state index contributed by atoms with van der Waals surface area (Å²) in [5.74, 6) is -0.523. The molecule has 2 unspecified atom stereocenters. The SMILES string of the molecule is C=C(/C=C\C(C)=C/C)CCCCC(=O)O.CC.CC(CCCC=O)c1ccc(F)cc1.NC1C=CC(CCCN2C=CNN2)=CC1.O=CO. The van der Waals surface area contributed by atoms with Gasteiger partial charge in [0.2, 0.25) is 0 Å². The van der Waals surface area contributed by atoms with E-state index in [1.165, 1.54) is 23.3 Å². The quantitative estimate of drug-likeness (QED) is 0.0657. The maximum Gasteiger partial charge on any atom is 0.303 e. The second kappa shape index (κ2) is 32.3. The Morgan fingerprint density at radius 3 is 2.31 bits per heavy atom. The molecule has 274 valence electrons. The minimum atomic E-state index is -0.721. The molecule has 3 rings (SSSR count). The van der Waals surface area contributed by atoms with E-state index in [4.69, 9.17) is 20.7 Å². The summed E-state index contributed by atoms with van der Waals surface area (Å²) < 4.78 is 12.6. The Morgan fingerprint density at radius 2 is 1.78 bits per heavy atom. The minimum Gasteiger partial charge on any atom is -0.483 e. The van der Waals surface area contributed by atoms with Gasteiger partial charge in [-0.2, -0.15) is 0 Å². The number of nitrogens with two attached hydrogens (primary N) is 1. The predicted molar refractivity (Wildman–Crippen MR) is 200 cm³/mol. The first-order valence-electron chi connectivity index (χ1n) is 17.1. The number of nitrogens with zero attached hydrogens (tertiary/aromatic N) is 1. The smallest absolute Gasteiger partial charge is 0.303 e. The summed E-state index contributed by atoms with van der Waals surface area (Å²) in [4.78, 5) is 28.7. The van der Waals surface area contributed by atoms with Gasteiger partial charge in [-0.15, -0.1) is 5.53 Å². The fraction of sp³-hybridized carbons (Fsp3) is 0.462. The number of carboxylic acids is 1. The molecule has 10 heteroatoms. The van der Waals surface area contributed by atoms with Crippen molar-refractivity contribution in [1.82, 2.24) is 16.0 Å². The lowest BCUT2D eigenvalue weighted by molar-refractivity contribution is -0.137. The summed E-state index contributed by atoms with van der Waals surface area (Å²) in [5, 5.41) is 17.4. The van der Waals surface area contributed by atoms with Gasteiger partial charge in [-0.05, 0) is 88.8 Å². The van der Waals surface area contributed by atoms with Crippen molar-refractivity contribution < 1.29 is 29.0 Å². The third-order valence-corrected chi connectivity index (χ3v) is 7.19. The highest BCUT2D eigenvalue weighted by Crippen LogP contribution is 2.21. The van der Waals surface area contributed by atoms with Crippen LogP contribution in [0.25, 0.3) is 0 Å². The van der Waals surface area contributed by atoms with Gasteiger partial charge in [0.05, 0.1) is 0 Å². The van der Waals surface area contributed by atoms with Crippen molar-refractivity contribution >= 4 is 18.7 Å². The average molecular weight is 685 g/mol. The lowest BCUT2D eigenvalue weighted by atomic mass is 9.96. The van der Waals surface area contributed by atoms with Gasteiger partial charge in [-0.1, -0.05) is 92.7 Å². The van der Waals surface area contributed by atoms with E-state index >= 15 is 0 Å². The Labute approximate surface area is 294 Å². The van der Waals surface area contributed by atoms with Crippen LogP contribution in [0.5, 0.6) is 0 Å². The van der Waals surface area contributed by atoms with Crippen LogP contribution >= 0.6 is 0 Å². The molecule has 0 amide bonds. The number of carboxylic acid groups (broad SMARTS) is 2. The third-order valence-electron chi connectivity index (χ3n) is 7.19. The molecule has 49 heavy (non-hydrogen) atoms. The molecule has 1 aromatic rings. The molecule has 1 aromatic carbocycles. The van der Waals surface area contributed by atoms with Gasteiger partial charge in [0.15, 0.2) is 0 Å².